The molecule has 3 rings (SSSR count). The number of amides is 3. The van der Waals surface area contributed by atoms with Gasteiger partial charge in [0.1, 0.15) is 17.9 Å². The lowest BCUT2D eigenvalue weighted by molar-refractivity contribution is -0.130. The third-order valence-electron chi connectivity index (χ3n) is 5.21. The maximum absolute atomic E-state index is 13.2. The highest BCUT2D eigenvalue weighted by Crippen LogP contribution is 2.19. The summed E-state index contributed by atoms with van der Waals surface area (Å²) >= 11 is 0. The van der Waals surface area contributed by atoms with Crippen molar-refractivity contribution in [2.45, 2.75) is 31.8 Å². The molecule has 0 spiro atoms. The van der Waals surface area contributed by atoms with Gasteiger partial charge >= 0.3 is 0 Å². The average molecular weight is 448 g/mol. The SMILES string of the molecule is CC(=O)N[C@H](Cc1ccc(F)cc1)C(=O)N[C@H](Cc1ccc(-c2ccccc2)cc1)C(N)=O. The highest BCUT2D eigenvalue weighted by molar-refractivity contribution is 5.91. The molecule has 0 saturated carbocycles. The van der Waals surface area contributed by atoms with Gasteiger partial charge in [-0.25, -0.2) is 4.39 Å². The zero-order chi connectivity index (χ0) is 23.8. The van der Waals surface area contributed by atoms with Crippen LogP contribution in [0.5, 0.6) is 0 Å². The molecule has 33 heavy (non-hydrogen) atoms. The van der Waals surface area contributed by atoms with Crippen molar-refractivity contribution in [3.63, 3.8) is 0 Å². The topological polar surface area (TPSA) is 101 Å². The van der Waals surface area contributed by atoms with E-state index in [9.17, 15) is 18.8 Å². The first-order chi connectivity index (χ1) is 15.8. The third-order valence-corrected chi connectivity index (χ3v) is 5.21. The van der Waals surface area contributed by atoms with Crippen LogP contribution in [-0.2, 0) is 27.2 Å². The molecule has 0 bridgehead atoms. The molecule has 170 valence electrons. The standard InChI is InChI=1S/C26H26FN3O3/c1-17(31)29-24(16-19-9-13-22(27)14-10-19)26(33)30-23(25(28)32)15-18-7-11-21(12-8-18)20-5-3-2-4-6-20/h2-14,23-24H,15-16H2,1H3,(H2,28,32)(H,29,31)(H,30,33)/t23-,24-/m1/s1. The summed E-state index contributed by atoms with van der Waals surface area (Å²) in [6, 6.07) is 21.3. The zero-order valence-electron chi connectivity index (χ0n) is 18.3. The molecule has 0 aromatic heterocycles. The van der Waals surface area contributed by atoms with Gasteiger partial charge in [-0.3, -0.25) is 14.4 Å². The molecule has 7 heteroatoms. The molecular formula is C26H26FN3O3. The molecule has 0 aliphatic heterocycles. The summed E-state index contributed by atoms with van der Waals surface area (Å²) < 4.78 is 13.2. The second kappa shape index (κ2) is 11.0. The number of rotatable bonds is 9. The van der Waals surface area contributed by atoms with Crippen LogP contribution < -0.4 is 16.4 Å². The summed E-state index contributed by atoms with van der Waals surface area (Å²) in [7, 11) is 0. The van der Waals surface area contributed by atoms with Crippen LogP contribution in [0.3, 0.4) is 0 Å². The Labute approximate surface area is 192 Å². The third kappa shape index (κ3) is 7.00. The fourth-order valence-corrected chi connectivity index (χ4v) is 3.51. The van der Waals surface area contributed by atoms with Crippen LogP contribution >= 0.6 is 0 Å². The van der Waals surface area contributed by atoms with Crippen LogP contribution in [0.4, 0.5) is 4.39 Å². The van der Waals surface area contributed by atoms with Crippen LogP contribution in [0.1, 0.15) is 18.1 Å². The number of primary amides is 1. The number of carbonyl (C=O) groups excluding carboxylic acids is 3. The molecule has 0 aliphatic carbocycles. The molecule has 0 saturated heterocycles. The van der Waals surface area contributed by atoms with Crippen molar-refractivity contribution < 1.29 is 18.8 Å². The predicted octanol–water partition coefficient (Wildman–Crippen LogP) is 2.75. The van der Waals surface area contributed by atoms with Gasteiger partial charge in [0.05, 0.1) is 0 Å². The van der Waals surface area contributed by atoms with Crippen molar-refractivity contribution in [3.8, 4) is 11.1 Å². The minimum Gasteiger partial charge on any atom is -0.368 e. The highest BCUT2D eigenvalue weighted by atomic mass is 19.1. The van der Waals surface area contributed by atoms with Crippen molar-refractivity contribution in [3.05, 3.63) is 95.8 Å². The molecular weight excluding hydrogens is 421 g/mol. The Kier molecular flexibility index (Phi) is 7.91. The minimum atomic E-state index is -0.954. The van der Waals surface area contributed by atoms with Gasteiger partial charge in [0, 0.05) is 19.8 Å². The van der Waals surface area contributed by atoms with Crippen molar-refractivity contribution >= 4 is 17.7 Å². The Morgan fingerprint density at radius 3 is 1.82 bits per heavy atom. The molecule has 0 fully saturated rings. The Hall–Kier alpha value is -4.00. The van der Waals surface area contributed by atoms with E-state index in [0.717, 1.165) is 16.7 Å². The second-order valence-electron chi connectivity index (χ2n) is 7.81. The van der Waals surface area contributed by atoms with E-state index in [-0.39, 0.29) is 12.8 Å². The van der Waals surface area contributed by atoms with E-state index < -0.39 is 35.6 Å². The van der Waals surface area contributed by atoms with Gasteiger partial charge in [-0.15, -0.1) is 0 Å². The van der Waals surface area contributed by atoms with Gasteiger partial charge in [-0.05, 0) is 34.4 Å². The Balaban J connectivity index is 1.70. The molecule has 0 unspecified atom stereocenters. The van der Waals surface area contributed by atoms with E-state index >= 15 is 0 Å². The molecule has 6 nitrogen and oxygen atoms in total. The quantitative estimate of drug-likeness (QED) is 0.470. The van der Waals surface area contributed by atoms with Gasteiger partial charge < -0.3 is 16.4 Å². The number of benzene rings is 3. The van der Waals surface area contributed by atoms with Crippen LogP contribution in [0, 0.1) is 5.82 Å². The first-order valence-corrected chi connectivity index (χ1v) is 10.6. The zero-order valence-corrected chi connectivity index (χ0v) is 18.3. The van der Waals surface area contributed by atoms with Gasteiger partial charge in [-0.2, -0.15) is 0 Å². The number of hydrogen-bond acceptors (Lipinski definition) is 3. The van der Waals surface area contributed by atoms with E-state index in [1.165, 1.54) is 31.2 Å². The molecule has 3 aromatic carbocycles. The first-order valence-electron chi connectivity index (χ1n) is 10.6. The van der Waals surface area contributed by atoms with Crippen molar-refractivity contribution in [1.29, 1.82) is 0 Å². The Morgan fingerprint density at radius 2 is 1.27 bits per heavy atom. The molecule has 0 aliphatic rings. The number of hydrogen-bond donors (Lipinski definition) is 3. The van der Waals surface area contributed by atoms with Crippen molar-refractivity contribution in [2.24, 2.45) is 5.73 Å². The molecule has 3 aromatic rings. The lowest BCUT2D eigenvalue weighted by Crippen LogP contribution is -2.54. The molecule has 4 N–H and O–H groups in total. The smallest absolute Gasteiger partial charge is 0.243 e. The number of halogens is 1. The molecule has 0 heterocycles. The lowest BCUT2D eigenvalue weighted by atomic mass is 9.99. The van der Waals surface area contributed by atoms with E-state index in [2.05, 4.69) is 10.6 Å². The van der Waals surface area contributed by atoms with Crippen LogP contribution in [0.15, 0.2) is 78.9 Å². The highest BCUT2D eigenvalue weighted by Gasteiger charge is 2.25. The van der Waals surface area contributed by atoms with Gasteiger partial charge in [0.25, 0.3) is 0 Å². The number of carbonyl (C=O) groups is 3. The fourth-order valence-electron chi connectivity index (χ4n) is 3.51. The van der Waals surface area contributed by atoms with Crippen molar-refractivity contribution in [1.82, 2.24) is 10.6 Å². The van der Waals surface area contributed by atoms with Crippen LogP contribution in [0.25, 0.3) is 11.1 Å². The normalized spacial score (nSPS) is 12.4. The summed E-state index contributed by atoms with van der Waals surface area (Å²) in [4.78, 5) is 36.6. The Bertz CT molecular complexity index is 1100. The second-order valence-corrected chi connectivity index (χ2v) is 7.81. The maximum atomic E-state index is 13.2. The van der Waals surface area contributed by atoms with Gasteiger partial charge in [-0.1, -0.05) is 66.7 Å². The van der Waals surface area contributed by atoms with Crippen LogP contribution in [-0.4, -0.2) is 29.8 Å². The van der Waals surface area contributed by atoms with Gasteiger partial charge in [0.2, 0.25) is 17.7 Å². The van der Waals surface area contributed by atoms with Gasteiger partial charge in [0.15, 0.2) is 0 Å². The average Bonchev–Trinajstić information content (AvgIpc) is 2.80. The maximum Gasteiger partial charge on any atom is 0.243 e. The summed E-state index contributed by atoms with van der Waals surface area (Å²) in [5.41, 5.74) is 9.14. The van der Waals surface area contributed by atoms with E-state index in [4.69, 9.17) is 5.73 Å². The van der Waals surface area contributed by atoms with E-state index in [1.807, 2.05) is 54.6 Å². The summed E-state index contributed by atoms with van der Waals surface area (Å²) in [5, 5.41) is 5.23. The first kappa shape index (κ1) is 23.7. The van der Waals surface area contributed by atoms with E-state index in [1.54, 1.807) is 0 Å². The number of nitrogens with one attached hydrogen (secondary N) is 2. The van der Waals surface area contributed by atoms with E-state index in [0.29, 0.717) is 5.56 Å². The minimum absolute atomic E-state index is 0.142. The Morgan fingerprint density at radius 1 is 0.758 bits per heavy atom. The number of nitrogens with two attached hydrogens (primary N) is 1. The molecule has 2 atom stereocenters. The van der Waals surface area contributed by atoms with Crippen LogP contribution in [0.2, 0.25) is 0 Å². The predicted molar refractivity (Wildman–Crippen MR) is 124 cm³/mol. The lowest BCUT2D eigenvalue weighted by Gasteiger charge is -2.22. The summed E-state index contributed by atoms with van der Waals surface area (Å²) in [6.07, 6.45) is 0.350. The molecule has 0 radical (unpaired) electrons. The summed E-state index contributed by atoms with van der Waals surface area (Å²) in [6.45, 7) is 1.30. The largest absolute Gasteiger partial charge is 0.368 e. The monoisotopic (exact) mass is 447 g/mol. The fraction of sp³-hybridized carbons (Fsp3) is 0.192. The van der Waals surface area contributed by atoms with Crippen molar-refractivity contribution in [2.75, 3.05) is 0 Å². The molecule has 3 amide bonds. The summed E-state index contributed by atoms with van der Waals surface area (Å²) in [5.74, 6) is -2.02.